The number of carbonyl (C=O) groups is 1. The standard InChI is InChI=1S/C14H20BrN3O/c1-14(2,3)18-8-6-17(7-9-18)13(19)11-4-5-16-12(15)10-11/h4-5,10H,6-9H2,1-3H3. The van der Waals surface area contributed by atoms with Gasteiger partial charge in [0.15, 0.2) is 0 Å². The highest BCUT2D eigenvalue weighted by atomic mass is 79.9. The lowest BCUT2D eigenvalue weighted by atomic mass is 10.0. The van der Waals surface area contributed by atoms with Crippen LogP contribution in [-0.4, -0.2) is 52.4 Å². The van der Waals surface area contributed by atoms with Gasteiger partial charge in [-0.25, -0.2) is 4.98 Å². The van der Waals surface area contributed by atoms with Crippen molar-refractivity contribution in [2.75, 3.05) is 26.2 Å². The fourth-order valence-corrected chi connectivity index (χ4v) is 2.66. The second kappa shape index (κ2) is 5.59. The van der Waals surface area contributed by atoms with E-state index in [-0.39, 0.29) is 11.4 Å². The number of carbonyl (C=O) groups excluding carboxylic acids is 1. The van der Waals surface area contributed by atoms with Gasteiger partial charge in [0.25, 0.3) is 5.91 Å². The number of amides is 1. The molecule has 1 amide bonds. The summed E-state index contributed by atoms with van der Waals surface area (Å²) in [5, 5.41) is 0. The van der Waals surface area contributed by atoms with Crippen LogP contribution in [0.1, 0.15) is 31.1 Å². The molecule has 4 nitrogen and oxygen atoms in total. The Bertz CT molecular complexity index is 462. The van der Waals surface area contributed by atoms with Crippen LogP contribution < -0.4 is 0 Å². The van der Waals surface area contributed by atoms with Gasteiger partial charge < -0.3 is 4.90 Å². The Hall–Kier alpha value is -0.940. The molecule has 0 aromatic carbocycles. The molecule has 0 unspecified atom stereocenters. The molecule has 1 aliphatic heterocycles. The van der Waals surface area contributed by atoms with E-state index in [2.05, 4.69) is 46.6 Å². The van der Waals surface area contributed by atoms with Crippen LogP contribution in [0, 0.1) is 0 Å². The van der Waals surface area contributed by atoms with Crippen LogP contribution in [0.4, 0.5) is 0 Å². The van der Waals surface area contributed by atoms with Crippen molar-refractivity contribution in [1.29, 1.82) is 0 Å². The van der Waals surface area contributed by atoms with Gasteiger partial charge in [-0.1, -0.05) is 0 Å². The maximum Gasteiger partial charge on any atom is 0.254 e. The predicted molar refractivity (Wildman–Crippen MR) is 79.2 cm³/mol. The largest absolute Gasteiger partial charge is 0.336 e. The molecule has 0 spiro atoms. The van der Waals surface area contributed by atoms with E-state index in [0.29, 0.717) is 10.2 Å². The van der Waals surface area contributed by atoms with Gasteiger partial charge in [-0.2, -0.15) is 0 Å². The molecule has 0 saturated carbocycles. The molecule has 104 valence electrons. The number of pyridine rings is 1. The predicted octanol–water partition coefficient (Wildman–Crippen LogP) is 2.40. The van der Waals surface area contributed by atoms with Crippen molar-refractivity contribution in [3.8, 4) is 0 Å². The molecule has 2 heterocycles. The zero-order chi connectivity index (χ0) is 14.0. The lowest BCUT2D eigenvalue weighted by Crippen LogP contribution is -2.54. The van der Waals surface area contributed by atoms with Crippen molar-refractivity contribution < 1.29 is 4.79 Å². The molecule has 19 heavy (non-hydrogen) atoms. The molecule has 1 saturated heterocycles. The average molecular weight is 326 g/mol. The third kappa shape index (κ3) is 3.54. The fourth-order valence-electron chi connectivity index (χ4n) is 2.30. The Morgan fingerprint density at radius 2 is 1.89 bits per heavy atom. The van der Waals surface area contributed by atoms with Crippen molar-refractivity contribution in [3.63, 3.8) is 0 Å². The third-order valence-electron chi connectivity index (χ3n) is 3.49. The van der Waals surface area contributed by atoms with Crippen molar-refractivity contribution >= 4 is 21.8 Å². The Balaban J connectivity index is 2.00. The van der Waals surface area contributed by atoms with Crippen LogP contribution in [0.25, 0.3) is 0 Å². The highest BCUT2D eigenvalue weighted by Crippen LogP contribution is 2.17. The van der Waals surface area contributed by atoms with Crippen molar-refractivity contribution in [2.24, 2.45) is 0 Å². The number of hydrogen-bond acceptors (Lipinski definition) is 3. The minimum Gasteiger partial charge on any atom is -0.336 e. The molecular formula is C14H20BrN3O. The van der Waals surface area contributed by atoms with Crippen molar-refractivity contribution in [1.82, 2.24) is 14.8 Å². The van der Waals surface area contributed by atoms with Gasteiger partial charge >= 0.3 is 0 Å². The Morgan fingerprint density at radius 3 is 2.42 bits per heavy atom. The lowest BCUT2D eigenvalue weighted by molar-refractivity contribution is 0.0451. The Morgan fingerprint density at radius 1 is 1.26 bits per heavy atom. The summed E-state index contributed by atoms with van der Waals surface area (Å²) in [7, 11) is 0. The SMILES string of the molecule is CC(C)(C)N1CCN(C(=O)c2ccnc(Br)c2)CC1. The van der Waals surface area contributed by atoms with Gasteiger partial charge in [-0.05, 0) is 48.8 Å². The van der Waals surface area contributed by atoms with E-state index in [9.17, 15) is 4.79 Å². The maximum atomic E-state index is 12.4. The van der Waals surface area contributed by atoms with E-state index in [1.807, 2.05) is 4.90 Å². The number of halogens is 1. The molecule has 0 atom stereocenters. The van der Waals surface area contributed by atoms with Gasteiger partial charge in [0.2, 0.25) is 0 Å². The van der Waals surface area contributed by atoms with Crippen LogP contribution >= 0.6 is 15.9 Å². The first-order chi connectivity index (χ1) is 8.88. The first kappa shape index (κ1) is 14.5. The van der Waals surface area contributed by atoms with Crippen LogP contribution in [-0.2, 0) is 0 Å². The van der Waals surface area contributed by atoms with Gasteiger partial charge in [0.05, 0.1) is 0 Å². The number of hydrogen-bond donors (Lipinski definition) is 0. The molecule has 0 radical (unpaired) electrons. The summed E-state index contributed by atoms with van der Waals surface area (Å²) in [6, 6.07) is 3.54. The van der Waals surface area contributed by atoms with Crippen LogP contribution in [0.15, 0.2) is 22.9 Å². The van der Waals surface area contributed by atoms with E-state index in [1.165, 1.54) is 0 Å². The number of rotatable bonds is 1. The maximum absolute atomic E-state index is 12.4. The van der Waals surface area contributed by atoms with E-state index in [0.717, 1.165) is 26.2 Å². The fraction of sp³-hybridized carbons (Fsp3) is 0.571. The molecule has 0 N–H and O–H groups in total. The molecule has 1 aromatic heterocycles. The second-order valence-corrected chi connectivity index (χ2v) is 6.63. The minimum atomic E-state index is 0.0941. The zero-order valence-electron chi connectivity index (χ0n) is 11.7. The molecule has 2 rings (SSSR count). The zero-order valence-corrected chi connectivity index (χ0v) is 13.3. The van der Waals surface area contributed by atoms with E-state index >= 15 is 0 Å². The Labute approximate surface area is 122 Å². The lowest BCUT2D eigenvalue weighted by Gasteiger charge is -2.42. The molecule has 0 bridgehead atoms. The van der Waals surface area contributed by atoms with Gasteiger partial charge in [0.1, 0.15) is 4.60 Å². The summed E-state index contributed by atoms with van der Waals surface area (Å²) >= 11 is 3.30. The van der Waals surface area contributed by atoms with E-state index in [4.69, 9.17) is 0 Å². The highest BCUT2D eigenvalue weighted by molar-refractivity contribution is 9.10. The minimum absolute atomic E-state index is 0.0941. The average Bonchev–Trinajstić information content (AvgIpc) is 2.37. The highest BCUT2D eigenvalue weighted by Gasteiger charge is 2.28. The van der Waals surface area contributed by atoms with Crippen LogP contribution in [0.2, 0.25) is 0 Å². The van der Waals surface area contributed by atoms with E-state index < -0.39 is 0 Å². The summed E-state index contributed by atoms with van der Waals surface area (Å²) in [5.41, 5.74) is 0.876. The molecule has 1 aliphatic rings. The summed E-state index contributed by atoms with van der Waals surface area (Å²) in [4.78, 5) is 20.8. The third-order valence-corrected chi connectivity index (χ3v) is 3.92. The van der Waals surface area contributed by atoms with Gasteiger partial charge in [-0.3, -0.25) is 9.69 Å². The second-order valence-electron chi connectivity index (χ2n) is 5.82. The summed E-state index contributed by atoms with van der Waals surface area (Å²) in [6.07, 6.45) is 1.66. The number of piperazine rings is 1. The Kier molecular flexibility index (Phi) is 4.26. The molecule has 1 aromatic rings. The van der Waals surface area contributed by atoms with Crippen LogP contribution in [0.3, 0.4) is 0 Å². The summed E-state index contributed by atoms with van der Waals surface area (Å²) < 4.78 is 0.701. The quantitative estimate of drug-likeness (QED) is 0.744. The monoisotopic (exact) mass is 325 g/mol. The topological polar surface area (TPSA) is 36.4 Å². The molecular weight excluding hydrogens is 306 g/mol. The van der Waals surface area contributed by atoms with Crippen molar-refractivity contribution in [2.45, 2.75) is 26.3 Å². The molecule has 5 heteroatoms. The van der Waals surface area contributed by atoms with E-state index in [1.54, 1.807) is 18.3 Å². The summed E-state index contributed by atoms with van der Waals surface area (Å²) in [6.45, 7) is 10.1. The normalized spacial score (nSPS) is 17.6. The molecule has 1 fully saturated rings. The summed E-state index contributed by atoms with van der Waals surface area (Å²) in [5.74, 6) is 0.0941. The smallest absolute Gasteiger partial charge is 0.254 e. The van der Waals surface area contributed by atoms with Gasteiger partial charge in [0, 0.05) is 43.5 Å². The van der Waals surface area contributed by atoms with Gasteiger partial charge in [-0.15, -0.1) is 0 Å². The molecule has 0 aliphatic carbocycles. The first-order valence-corrected chi connectivity index (χ1v) is 7.33. The van der Waals surface area contributed by atoms with Crippen molar-refractivity contribution in [3.05, 3.63) is 28.5 Å². The number of aromatic nitrogens is 1. The van der Waals surface area contributed by atoms with Crippen LogP contribution in [0.5, 0.6) is 0 Å². The number of nitrogens with zero attached hydrogens (tertiary/aromatic N) is 3. The first-order valence-electron chi connectivity index (χ1n) is 6.54.